The molecular formula is C15H19ClN4O. The van der Waals surface area contributed by atoms with Gasteiger partial charge >= 0.3 is 0 Å². The Hall–Kier alpha value is -2.01. The topological polar surface area (TPSA) is 59.0 Å². The molecule has 0 aliphatic carbocycles. The minimum atomic E-state index is -0.137. The van der Waals surface area contributed by atoms with Crippen molar-refractivity contribution in [1.82, 2.24) is 15.1 Å². The summed E-state index contributed by atoms with van der Waals surface area (Å²) in [5.74, 6) is -0.137. The van der Waals surface area contributed by atoms with Gasteiger partial charge in [-0.2, -0.15) is 5.10 Å². The van der Waals surface area contributed by atoms with E-state index >= 15 is 0 Å². The van der Waals surface area contributed by atoms with Crippen molar-refractivity contribution in [2.24, 2.45) is 0 Å². The molecule has 0 aliphatic heterocycles. The van der Waals surface area contributed by atoms with Crippen molar-refractivity contribution in [3.63, 3.8) is 0 Å². The van der Waals surface area contributed by atoms with E-state index < -0.39 is 0 Å². The van der Waals surface area contributed by atoms with E-state index in [0.29, 0.717) is 23.2 Å². The van der Waals surface area contributed by atoms with Crippen molar-refractivity contribution in [1.29, 1.82) is 0 Å². The Bertz CT molecular complexity index is 636. The number of amides is 1. The van der Waals surface area contributed by atoms with Gasteiger partial charge in [-0.25, -0.2) is 0 Å². The summed E-state index contributed by atoms with van der Waals surface area (Å²) < 4.78 is 1.90. The van der Waals surface area contributed by atoms with Gasteiger partial charge in [-0.15, -0.1) is 0 Å². The molecule has 2 rings (SSSR count). The first kappa shape index (κ1) is 15.4. The van der Waals surface area contributed by atoms with Crippen LogP contribution in [0.15, 0.2) is 30.6 Å². The van der Waals surface area contributed by atoms with E-state index in [0.717, 1.165) is 11.3 Å². The third-order valence-electron chi connectivity index (χ3n) is 3.12. The van der Waals surface area contributed by atoms with E-state index in [2.05, 4.69) is 29.6 Å². The summed E-state index contributed by atoms with van der Waals surface area (Å²) in [6.45, 7) is 4.76. The highest BCUT2D eigenvalue weighted by atomic mass is 35.5. The second-order valence-electron chi connectivity index (χ2n) is 5.05. The van der Waals surface area contributed by atoms with E-state index in [9.17, 15) is 4.79 Å². The second-order valence-corrected chi connectivity index (χ2v) is 5.46. The van der Waals surface area contributed by atoms with Crippen LogP contribution in [0.2, 0.25) is 5.02 Å². The zero-order valence-corrected chi connectivity index (χ0v) is 13.1. The van der Waals surface area contributed by atoms with Crippen LogP contribution in [-0.4, -0.2) is 22.7 Å². The van der Waals surface area contributed by atoms with Crippen LogP contribution >= 0.6 is 11.6 Å². The molecule has 0 atom stereocenters. The quantitative estimate of drug-likeness (QED) is 0.892. The Labute approximate surface area is 129 Å². The van der Waals surface area contributed by atoms with Gasteiger partial charge < -0.3 is 10.6 Å². The van der Waals surface area contributed by atoms with E-state index in [-0.39, 0.29) is 5.91 Å². The van der Waals surface area contributed by atoms with E-state index in [1.807, 2.05) is 17.1 Å². The van der Waals surface area contributed by atoms with Crippen LogP contribution < -0.4 is 10.6 Å². The Morgan fingerprint density at radius 3 is 2.81 bits per heavy atom. The number of nitrogens with one attached hydrogen (secondary N) is 2. The number of hydrogen-bond donors (Lipinski definition) is 2. The van der Waals surface area contributed by atoms with Gasteiger partial charge in [0.15, 0.2) is 0 Å². The van der Waals surface area contributed by atoms with Crippen LogP contribution in [0.1, 0.15) is 35.8 Å². The summed E-state index contributed by atoms with van der Waals surface area (Å²) in [4.78, 5) is 11.6. The van der Waals surface area contributed by atoms with Gasteiger partial charge in [-0.3, -0.25) is 9.48 Å². The summed E-state index contributed by atoms with van der Waals surface area (Å²) in [5, 5.41) is 10.7. The number of nitrogens with zero attached hydrogens (tertiary/aromatic N) is 2. The number of carbonyl (C=O) groups excluding carboxylic acids is 1. The molecule has 0 spiro atoms. The molecule has 1 aromatic carbocycles. The average Bonchev–Trinajstić information content (AvgIpc) is 2.94. The first-order chi connectivity index (χ1) is 10.0. The minimum Gasteiger partial charge on any atom is -0.380 e. The lowest BCUT2D eigenvalue weighted by atomic mass is 10.2. The number of aromatic nitrogens is 2. The van der Waals surface area contributed by atoms with E-state index in [1.54, 1.807) is 25.2 Å². The summed E-state index contributed by atoms with van der Waals surface area (Å²) >= 11 is 6.15. The SMILES string of the molecule is CNC(=O)c1ccc(Cl)c(NCc2cnn(C(C)C)c2)c1. The smallest absolute Gasteiger partial charge is 0.251 e. The molecule has 112 valence electrons. The Kier molecular flexibility index (Phi) is 4.85. The highest BCUT2D eigenvalue weighted by Crippen LogP contribution is 2.23. The highest BCUT2D eigenvalue weighted by molar-refractivity contribution is 6.33. The van der Waals surface area contributed by atoms with Crippen LogP contribution in [0, 0.1) is 0 Å². The molecule has 0 radical (unpaired) electrons. The Morgan fingerprint density at radius 1 is 1.43 bits per heavy atom. The molecule has 1 amide bonds. The van der Waals surface area contributed by atoms with Gasteiger partial charge in [0.1, 0.15) is 0 Å². The second kappa shape index (κ2) is 6.63. The largest absolute Gasteiger partial charge is 0.380 e. The number of carbonyl (C=O) groups is 1. The lowest BCUT2D eigenvalue weighted by Gasteiger charge is -2.09. The monoisotopic (exact) mass is 306 g/mol. The van der Waals surface area contributed by atoms with Gasteiger partial charge in [0.05, 0.1) is 16.9 Å². The van der Waals surface area contributed by atoms with Gasteiger partial charge in [-0.05, 0) is 32.0 Å². The maximum atomic E-state index is 11.6. The van der Waals surface area contributed by atoms with Crippen molar-refractivity contribution in [2.45, 2.75) is 26.4 Å². The Balaban J connectivity index is 2.09. The van der Waals surface area contributed by atoms with Crippen LogP contribution in [0.3, 0.4) is 0 Å². The number of benzene rings is 1. The molecule has 2 N–H and O–H groups in total. The summed E-state index contributed by atoms with van der Waals surface area (Å²) in [7, 11) is 1.60. The number of anilines is 1. The van der Waals surface area contributed by atoms with Gasteiger partial charge in [0.2, 0.25) is 0 Å². The molecule has 0 saturated carbocycles. The van der Waals surface area contributed by atoms with Gasteiger partial charge in [0, 0.05) is 37.0 Å². The van der Waals surface area contributed by atoms with Gasteiger partial charge in [-0.1, -0.05) is 11.6 Å². The zero-order valence-electron chi connectivity index (χ0n) is 12.4. The van der Waals surface area contributed by atoms with Crippen molar-refractivity contribution in [3.05, 3.63) is 46.7 Å². The first-order valence-electron chi connectivity index (χ1n) is 6.79. The third-order valence-corrected chi connectivity index (χ3v) is 3.45. The van der Waals surface area contributed by atoms with E-state index in [4.69, 9.17) is 11.6 Å². The molecule has 0 unspecified atom stereocenters. The maximum absolute atomic E-state index is 11.6. The molecule has 21 heavy (non-hydrogen) atoms. The predicted molar refractivity (Wildman–Crippen MR) is 84.8 cm³/mol. The normalized spacial score (nSPS) is 10.7. The van der Waals surface area contributed by atoms with Gasteiger partial charge in [0.25, 0.3) is 5.91 Å². The van der Waals surface area contributed by atoms with Crippen molar-refractivity contribution in [3.8, 4) is 0 Å². The maximum Gasteiger partial charge on any atom is 0.251 e. The lowest BCUT2D eigenvalue weighted by Crippen LogP contribution is -2.17. The molecule has 5 nitrogen and oxygen atoms in total. The number of rotatable bonds is 5. The number of halogens is 1. The van der Waals surface area contributed by atoms with Crippen LogP contribution in [0.5, 0.6) is 0 Å². The predicted octanol–water partition coefficient (Wildman–Crippen LogP) is 3.09. The van der Waals surface area contributed by atoms with Crippen molar-refractivity contribution in [2.75, 3.05) is 12.4 Å². The van der Waals surface area contributed by atoms with Crippen LogP contribution in [0.25, 0.3) is 0 Å². The van der Waals surface area contributed by atoms with E-state index in [1.165, 1.54) is 0 Å². The fourth-order valence-corrected chi connectivity index (χ4v) is 2.08. The van der Waals surface area contributed by atoms with Crippen molar-refractivity contribution >= 4 is 23.2 Å². The molecule has 0 saturated heterocycles. The number of hydrogen-bond acceptors (Lipinski definition) is 3. The molecule has 2 aromatic rings. The third kappa shape index (κ3) is 3.76. The van der Waals surface area contributed by atoms with Crippen LogP contribution in [-0.2, 0) is 6.54 Å². The Morgan fingerprint density at radius 2 is 2.19 bits per heavy atom. The standard InChI is InChI=1S/C15H19ClN4O/c1-10(2)20-9-11(8-19-20)7-18-14-6-12(15(21)17-3)4-5-13(14)16/h4-6,8-10,18H,7H2,1-3H3,(H,17,21). The summed E-state index contributed by atoms with van der Waals surface area (Å²) in [5.41, 5.74) is 2.36. The fourth-order valence-electron chi connectivity index (χ4n) is 1.89. The molecule has 0 fully saturated rings. The molecular weight excluding hydrogens is 288 g/mol. The molecule has 1 heterocycles. The summed E-state index contributed by atoms with van der Waals surface area (Å²) in [6, 6.07) is 5.49. The average molecular weight is 307 g/mol. The zero-order chi connectivity index (χ0) is 15.4. The molecule has 0 aliphatic rings. The van der Waals surface area contributed by atoms with Crippen molar-refractivity contribution < 1.29 is 4.79 Å². The lowest BCUT2D eigenvalue weighted by molar-refractivity contribution is 0.0963. The molecule has 1 aromatic heterocycles. The highest BCUT2D eigenvalue weighted by Gasteiger charge is 2.08. The summed E-state index contributed by atoms with van der Waals surface area (Å²) in [6.07, 6.45) is 3.82. The molecule has 0 bridgehead atoms. The fraction of sp³-hybridized carbons (Fsp3) is 0.333. The minimum absolute atomic E-state index is 0.137. The van der Waals surface area contributed by atoms with Crippen LogP contribution in [0.4, 0.5) is 5.69 Å². The first-order valence-corrected chi connectivity index (χ1v) is 7.17. The molecule has 6 heteroatoms.